The van der Waals surface area contributed by atoms with Crippen molar-refractivity contribution in [2.24, 2.45) is 5.92 Å². The molecule has 0 spiro atoms. The van der Waals surface area contributed by atoms with E-state index in [-0.39, 0.29) is 11.6 Å². The van der Waals surface area contributed by atoms with Gasteiger partial charge in [-0.1, -0.05) is 31.9 Å². The highest BCUT2D eigenvalue weighted by molar-refractivity contribution is 5.93. The van der Waals surface area contributed by atoms with E-state index in [1.54, 1.807) is 11.6 Å². The van der Waals surface area contributed by atoms with Gasteiger partial charge in [0.2, 0.25) is 0 Å². The molecule has 3 heterocycles. The van der Waals surface area contributed by atoms with E-state index in [0.29, 0.717) is 28.3 Å². The number of ether oxygens (including phenoxy) is 1. The van der Waals surface area contributed by atoms with Crippen LogP contribution in [0.1, 0.15) is 38.6 Å². The minimum atomic E-state index is -0.0241. The molecular weight excluding hydrogens is 366 g/mol. The molecule has 1 fully saturated rings. The fraction of sp³-hybridized carbons (Fsp3) is 0.364. The van der Waals surface area contributed by atoms with Gasteiger partial charge in [0.1, 0.15) is 12.1 Å². The molecule has 0 radical (unpaired) electrons. The maximum absolute atomic E-state index is 13.7. The van der Waals surface area contributed by atoms with Gasteiger partial charge in [-0.25, -0.2) is 4.98 Å². The Kier molecular flexibility index (Phi) is 4.30. The van der Waals surface area contributed by atoms with Crippen LogP contribution in [0.2, 0.25) is 0 Å². The van der Waals surface area contributed by atoms with Gasteiger partial charge in [-0.15, -0.1) is 0 Å². The van der Waals surface area contributed by atoms with Crippen LogP contribution in [0.3, 0.4) is 0 Å². The van der Waals surface area contributed by atoms with Crippen LogP contribution >= 0.6 is 0 Å². The third-order valence-electron chi connectivity index (χ3n) is 6.06. The van der Waals surface area contributed by atoms with E-state index in [2.05, 4.69) is 22.0 Å². The molecule has 5 rings (SSSR count). The van der Waals surface area contributed by atoms with Gasteiger partial charge in [0.05, 0.1) is 23.7 Å². The Hall–Kier alpha value is -3.22. The number of hydrogen-bond acceptors (Lipinski definition) is 5. The molecule has 0 aliphatic heterocycles. The first-order valence-electron chi connectivity index (χ1n) is 10.1. The predicted octanol–water partition coefficient (Wildman–Crippen LogP) is 3.87. The second-order valence-corrected chi connectivity index (χ2v) is 7.78. The second kappa shape index (κ2) is 6.99. The maximum Gasteiger partial charge on any atom is 0.262 e. The Labute approximate surface area is 168 Å². The van der Waals surface area contributed by atoms with Gasteiger partial charge < -0.3 is 9.30 Å². The summed E-state index contributed by atoms with van der Waals surface area (Å²) in [4.78, 5) is 22.5. The van der Waals surface area contributed by atoms with Crippen molar-refractivity contribution >= 4 is 16.7 Å². The molecule has 1 aromatic carbocycles. The van der Waals surface area contributed by atoms with Crippen molar-refractivity contribution in [3.8, 4) is 17.0 Å². The van der Waals surface area contributed by atoms with E-state index in [1.165, 1.54) is 12.7 Å². The summed E-state index contributed by atoms with van der Waals surface area (Å²) in [5.74, 6) is 1.67. The van der Waals surface area contributed by atoms with Gasteiger partial charge in [-0.2, -0.15) is 14.6 Å². The van der Waals surface area contributed by atoms with Crippen molar-refractivity contribution in [1.29, 1.82) is 0 Å². The molecule has 0 unspecified atom stereocenters. The van der Waals surface area contributed by atoms with Gasteiger partial charge in [-0.3, -0.25) is 4.79 Å². The lowest BCUT2D eigenvalue weighted by atomic mass is 9.85. The zero-order valence-electron chi connectivity index (χ0n) is 16.6. The number of fused-ring (bicyclic) bond motifs is 2. The zero-order valence-corrected chi connectivity index (χ0v) is 16.6. The Bertz CT molecular complexity index is 1260. The number of pyridine rings is 1. The SMILES string of the molecule is COc1cccc(-c2c3c(=O)n([C@H]4CCCC[C@H]4C)ccc3nc3ncnn23)c1. The minimum absolute atomic E-state index is 0.0241. The first-order chi connectivity index (χ1) is 14.2. The minimum Gasteiger partial charge on any atom is -0.497 e. The van der Waals surface area contributed by atoms with Crippen molar-refractivity contribution in [2.45, 2.75) is 38.6 Å². The fourth-order valence-electron chi connectivity index (χ4n) is 4.55. The molecule has 7 nitrogen and oxygen atoms in total. The number of benzene rings is 1. The zero-order chi connectivity index (χ0) is 20.0. The number of hydrogen-bond donors (Lipinski definition) is 0. The Morgan fingerprint density at radius 3 is 2.86 bits per heavy atom. The molecule has 0 saturated heterocycles. The third-order valence-corrected chi connectivity index (χ3v) is 6.06. The van der Waals surface area contributed by atoms with Crippen LogP contribution < -0.4 is 10.3 Å². The smallest absolute Gasteiger partial charge is 0.262 e. The summed E-state index contributed by atoms with van der Waals surface area (Å²) >= 11 is 0. The fourth-order valence-corrected chi connectivity index (χ4v) is 4.55. The first kappa shape index (κ1) is 17.8. The third kappa shape index (κ3) is 2.88. The monoisotopic (exact) mass is 389 g/mol. The largest absolute Gasteiger partial charge is 0.497 e. The Morgan fingerprint density at radius 1 is 1.17 bits per heavy atom. The van der Waals surface area contributed by atoms with Crippen LogP contribution in [0, 0.1) is 5.92 Å². The molecule has 1 aliphatic carbocycles. The summed E-state index contributed by atoms with van der Waals surface area (Å²) < 4.78 is 8.95. The van der Waals surface area contributed by atoms with Crippen molar-refractivity contribution in [1.82, 2.24) is 24.1 Å². The molecule has 7 heteroatoms. The summed E-state index contributed by atoms with van der Waals surface area (Å²) in [5.41, 5.74) is 2.15. The van der Waals surface area contributed by atoms with Crippen molar-refractivity contribution in [2.75, 3.05) is 7.11 Å². The van der Waals surface area contributed by atoms with Crippen LogP contribution in [0.25, 0.3) is 27.9 Å². The number of rotatable bonds is 3. The molecule has 0 amide bonds. The molecule has 3 aromatic heterocycles. The summed E-state index contributed by atoms with van der Waals surface area (Å²) in [6.45, 7) is 2.24. The molecule has 148 valence electrons. The lowest BCUT2D eigenvalue weighted by molar-refractivity contribution is 0.253. The maximum atomic E-state index is 13.7. The highest BCUT2D eigenvalue weighted by Crippen LogP contribution is 2.34. The molecule has 1 saturated carbocycles. The molecule has 0 bridgehead atoms. The van der Waals surface area contributed by atoms with Crippen LogP contribution in [0.5, 0.6) is 5.75 Å². The average Bonchev–Trinajstić information content (AvgIpc) is 3.21. The topological polar surface area (TPSA) is 74.3 Å². The summed E-state index contributed by atoms with van der Waals surface area (Å²) in [7, 11) is 1.63. The van der Waals surface area contributed by atoms with Crippen LogP contribution in [0.4, 0.5) is 0 Å². The van der Waals surface area contributed by atoms with Crippen molar-refractivity contribution < 1.29 is 4.74 Å². The van der Waals surface area contributed by atoms with E-state index < -0.39 is 0 Å². The van der Waals surface area contributed by atoms with Crippen LogP contribution in [0.15, 0.2) is 47.7 Å². The summed E-state index contributed by atoms with van der Waals surface area (Å²) in [6.07, 6.45) is 7.93. The summed E-state index contributed by atoms with van der Waals surface area (Å²) in [5, 5.41) is 4.92. The highest BCUT2D eigenvalue weighted by atomic mass is 16.5. The Morgan fingerprint density at radius 2 is 2.03 bits per heavy atom. The number of methoxy groups -OCH3 is 1. The summed E-state index contributed by atoms with van der Waals surface area (Å²) in [6, 6.07) is 9.80. The molecule has 0 N–H and O–H groups in total. The molecule has 2 atom stereocenters. The average molecular weight is 389 g/mol. The van der Waals surface area contributed by atoms with E-state index in [1.807, 2.05) is 41.1 Å². The number of aromatic nitrogens is 5. The van der Waals surface area contributed by atoms with E-state index in [9.17, 15) is 4.79 Å². The van der Waals surface area contributed by atoms with Crippen LogP contribution in [-0.4, -0.2) is 31.3 Å². The van der Waals surface area contributed by atoms with Gasteiger partial charge in [0.25, 0.3) is 11.3 Å². The normalized spacial score (nSPS) is 19.7. The van der Waals surface area contributed by atoms with E-state index in [4.69, 9.17) is 4.74 Å². The second-order valence-electron chi connectivity index (χ2n) is 7.78. The van der Waals surface area contributed by atoms with Crippen molar-refractivity contribution in [3.63, 3.8) is 0 Å². The molecule has 29 heavy (non-hydrogen) atoms. The lowest BCUT2D eigenvalue weighted by Gasteiger charge is -2.30. The highest BCUT2D eigenvalue weighted by Gasteiger charge is 2.25. The van der Waals surface area contributed by atoms with Gasteiger partial charge in [-0.05, 0) is 37.0 Å². The molecular formula is C22H23N5O2. The van der Waals surface area contributed by atoms with Crippen molar-refractivity contribution in [3.05, 3.63) is 53.2 Å². The van der Waals surface area contributed by atoms with E-state index >= 15 is 0 Å². The van der Waals surface area contributed by atoms with Gasteiger partial charge >= 0.3 is 0 Å². The predicted molar refractivity (Wildman–Crippen MR) is 111 cm³/mol. The van der Waals surface area contributed by atoms with Gasteiger partial charge in [0, 0.05) is 17.8 Å². The molecule has 4 aromatic rings. The number of nitrogens with zero attached hydrogens (tertiary/aromatic N) is 5. The Balaban J connectivity index is 1.84. The van der Waals surface area contributed by atoms with E-state index in [0.717, 1.165) is 30.6 Å². The molecule has 1 aliphatic rings. The quantitative estimate of drug-likeness (QED) is 0.532. The van der Waals surface area contributed by atoms with Gasteiger partial charge in [0.15, 0.2) is 0 Å². The van der Waals surface area contributed by atoms with Crippen LogP contribution in [-0.2, 0) is 0 Å². The first-order valence-corrected chi connectivity index (χ1v) is 10.1. The standard InChI is InChI=1S/C22H23N5O2/c1-14-6-3-4-9-18(14)26-11-10-17-19(21(26)28)20(27-22(25-17)23-13-24-27)15-7-5-8-16(12-15)29-2/h5,7-8,10-14,18H,3-4,6,9H2,1-2H3/t14-,18+/m1/s1. The lowest BCUT2D eigenvalue weighted by Crippen LogP contribution is -2.31.